The van der Waals surface area contributed by atoms with E-state index in [9.17, 15) is 14.0 Å². The Morgan fingerprint density at radius 2 is 1.96 bits per heavy atom. The van der Waals surface area contributed by atoms with Crippen molar-refractivity contribution in [3.63, 3.8) is 0 Å². The van der Waals surface area contributed by atoms with E-state index in [1.54, 1.807) is 30.5 Å². The van der Waals surface area contributed by atoms with Gasteiger partial charge in [-0.3, -0.25) is 14.0 Å². The van der Waals surface area contributed by atoms with Crippen molar-refractivity contribution in [2.24, 2.45) is 0 Å². The van der Waals surface area contributed by atoms with Crippen molar-refractivity contribution in [3.8, 4) is 5.75 Å². The van der Waals surface area contributed by atoms with Gasteiger partial charge in [0.1, 0.15) is 18.0 Å². The molecule has 9 heteroatoms. The van der Waals surface area contributed by atoms with Crippen LogP contribution in [0.3, 0.4) is 0 Å². The fourth-order valence-electron chi connectivity index (χ4n) is 2.65. The van der Waals surface area contributed by atoms with Crippen LogP contribution in [0.5, 0.6) is 5.75 Å². The van der Waals surface area contributed by atoms with Crippen LogP contribution in [0.15, 0.2) is 36.5 Å². The fraction of sp³-hybridized carbons (Fsp3) is 0.211. The van der Waals surface area contributed by atoms with Crippen molar-refractivity contribution in [2.75, 3.05) is 31.5 Å². The number of benzene rings is 1. The van der Waals surface area contributed by atoms with Crippen molar-refractivity contribution in [1.82, 2.24) is 9.38 Å². The molecule has 1 aromatic carbocycles. The number of anilines is 2. The Hall–Kier alpha value is -3.46. The van der Waals surface area contributed by atoms with Gasteiger partial charge in [-0.1, -0.05) is 6.07 Å². The molecule has 2 heterocycles. The molecule has 8 nitrogen and oxygen atoms in total. The lowest BCUT2D eigenvalue weighted by Crippen LogP contribution is -2.18. The van der Waals surface area contributed by atoms with Gasteiger partial charge in [0.25, 0.3) is 5.91 Å². The van der Waals surface area contributed by atoms with Gasteiger partial charge in [-0.05, 0) is 30.7 Å². The Labute approximate surface area is 160 Å². The molecule has 2 amide bonds. The Morgan fingerprint density at radius 1 is 1.18 bits per heavy atom. The highest BCUT2D eigenvalue weighted by Crippen LogP contribution is 2.28. The first-order valence-corrected chi connectivity index (χ1v) is 8.35. The van der Waals surface area contributed by atoms with E-state index in [0.717, 1.165) is 5.56 Å². The van der Waals surface area contributed by atoms with Crippen LogP contribution in [-0.4, -0.2) is 42.0 Å². The summed E-state index contributed by atoms with van der Waals surface area (Å²) < 4.78 is 25.8. The summed E-state index contributed by atoms with van der Waals surface area (Å²) in [7, 11) is 2.84. The van der Waals surface area contributed by atoms with Gasteiger partial charge >= 0.3 is 0 Å². The molecule has 28 heavy (non-hydrogen) atoms. The second-order valence-corrected chi connectivity index (χ2v) is 6.04. The van der Waals surface area contributed by atoms with Crippen LogP contribution in [0.4, 0.5) is 15.8 Å². The maximum absolute atomic E-state index is 14.5. The molecule has 0 saturated heterocycles. The minimum absolute atomic E-state index is 0.103. The summed E-state index contributed by atoms with van der Waals surface area (Å²) >= 11 is 0. The lowest BCUT2D eigenvalue weighted by Gasteiger charge is -2.12. The number of amides is 2. The van der Waals surface area contributed by atoms with Crippen LogP contribution < -0.4 is 15.4 Å². The summed E-state index contributed by atoms with van der Waals surface area (Å²) in [6, 6.07) is 8.05. The molecule has 0 bridgehead atoms. The quantitative estimate of drug-likeness (QED) is 0.679. The summed E-state index contributed by atoms with van der Waals surface area (Å²) in [5.41, 5.74) is 1.63. The lowest BCUT2D eigenvalue weighted by atomic mass is 10.2. The molecule has 0 aliphatic heterocycles. The number of carbonyl (C=O) groups is 2. The zero-order valence-electron chi connectivity index (χ0n) is 15.6. The molecular weight excluding hydrogens is 367 g/mol. The van der Waals surface area contributed by atoms with Crippen molar-refractivity contribution in [1.29, 1.82) is 0 Å². The predicted molar refractivity (Wildman–Crippen MR) is 101 cm³/mol. The van der Waals surface area contributed by atoms with Crippen molar-refractivity contribution in [3.05, 3.63) is 53.7 Å². The summed E-state index contributed by atoms with van der Waals surface area (Å²) in [6.45, 7) is 1.71. The predicted octanol–water partition coefficient (Wildman–Crippen LogP) is 2.63. The van der Waals surface area contributed by atoms with E-state index in [-0.39, 0.29) is 18.2 Å². The van der Waals surface area contributed by atoms with Gasteiger partial charge in [-0.2, -0.15) is 4.39 Å². The topological polar surface area (TPSA) is 94.0 Å². The van der Waals surface area contributed by atoms with E-state index >= 15 is 0 Å². The zero-order chi connectivity index (χ0) is 20.3. The molecule has 2 aromatic heterocycles. The standard InChI is InChI=1S/C19H19FN4O4/c1-11-4-7-15-23-17(18(20)24(15)9-11)19(26)21-12-5-6-13(14(8-12)28-3)22-16(25)10-27-2/h4-9H,10H2,1-3H3,(H,21,26)(H,22,25). The van der Waals surface area contributed by atoms with Crippen LogP contribution >= 0.6 is 0 Å². The number of methoxy groups -OCH3 is 2. The van der Waals surface area contributed by atoms with E-state index in [2.05, 4.69) is 15.6 Å². The van der Waals surface area contributed by atoms with Gasteiger partial charge in [-0.15, -0.1) is 0 Å². The molecule has 0 radical (unpaired) electrons. The van der Waals surface area contributed by atoms with E-state index in [4.69, 9.17) is 9.47 Å². The molecular formula is C19H19FN4O4. The van der Waals surface area contributed by atoms with Crippen LogP contribution in [0.25, 0.3) is 5.65 Å². The summed E-state index contributed by atoms with van der Waals surface area (Å²) in [4.78, 5) is 28.2. The van der Waals surface area contributed by atoms with Gasteiger partial charge in [0.2, 0.25) is 11.9 Å². The van der Waals surface area contributed by atoms with Crippen molar-refractivity contribution < 1.29 is 23.5 Å². The highest BCUT2D eigenvalue weighted by atomic mass is 19.1. The molecule has 2 N–H and O–H groups in total. The molecule has 0 aliphatic carbocycles. The van der Waals surface area contributed by atoms with E-state index in [1.165, 1.54) is 24.7 Å². The lowest BCUT2D eigenvalue weighted by molar-refractivity contribution is -0.119. The third-order valence-electron chi connectivity index (χ3n) is 3.93. The van der Waals surface area contributed by atoms with Gasteiger partial charge in [0.15, 0.2) is 5.69 Å². The number of halogens is 1. The smallest absolute Gasteiger partial charge is 0.279 e. The molecule has 3 aromatic rings. The Kier molecular flexibility index (Phi) is 5.55. The van der Waals surface area contributed by atoms with E-state index in [0.29, 0.717) is 22.8 Å². The van der Waals surface area contributed by atoms with Crippen LogP contribution in [0.2, 0.25) is 0 Å². The maximum Gasteiger partial charge on any atom is 0.279 e. The third kappa shape index (κ3) is 3.94. The minimum Gasteiger partial charge on any atom is -0.494 e. The Bertz CT molecular complexity index is 1050. The Balaban J connectivity index is 1.82. The Morgan fingerprint density at radius 3 is 2.68 bits per heavy atom. The van der Waals surface area contributed by atoms with Gasteiger partial charge in [0.05, 0.1) is 12.8 Å². The molecule has 0 saturated carbocycles. The number of carbonyl (C=O) groups excluding carboxylic acids is 2. The van der Waals surface area contributed by atoms with Gasteiger partial charge in [0, 0.05) is 25.1 Å². The highest BCUT2D eigenvalue weighted by molar-refractivity contribution is 6.04. The highest BCUT2D eigenvalue weighted by Gasteiger charge is 2.20. The molecule has 0 spiro atoms. The number of aromatic nitrogens is 2. The molecule has 0 fully saturated rings. The monoisotopic (exact) mass is 386 g/mol. The fourth-order valence-corrected chi connectivity index (χ4v) is 2.65. The second kappa shape index (κ2) is 8.05. The minimum atomic E-state index is -0.744. The number of hydrogen-bond acceptors (Lipinski definition) is 5. The molecule has 146 valence electrons. The number of pyridine rings is 1. The third-order valence-corrected chi connectivity index (χ3v) is 3.93. The van der Waals surface area contributed by atoms with Crippen LogP contribution in [0.1, 0.15) is 16.1 Å². The average molecular weight is 386 g/mol. The molecule has 0 atom stereocenters. The average Bonchev–Trinajstić information content (AvgIpc) is 2.99. The number of imidazole rings is 1. The first-order chi connectivity index (χ1) is 13.4. The maximum atomic E-state index is 14.5. The molecule has 0 aliphatic rings. The first-order valence-electron chi connectivity index (χ1n) is 8.35. The van der Waals surface area contributed by atoms with Gasteiger partial charge < -0.3 is 20.1 Å². The van der Waals surface area contributed by atoms with E-state index < -0.39 is 11.9 Å². The first kappa shape index (κ1) is 19.3. The molecule has 0 unspecified atom stereocenters. The number of nitrogens with one attached hydrogen (secondary N) is 2. The van der Waals surface area contributed by atoms with E-state index in [1.807, 2.05) is 6.92 Å². The number of fused-ring (bicyclic) bond motifs is 1. The van der Waals surface area contributed by atoms with Crippen molar-refractivity contribution >= 4 is 28.8 Å². The molecule has 3 rings (SSSR count). The van der Waals surface area contributed by atoms with Crippen LogP contribution in [-0.2, 0) is 9.53 Å². The second-order valence-electron chi connectivity index (χ2n) is 6.04. The number of aryl methyl sites for hydroxylation is 1. The number of ether oxygens (including phenoxy) is 2. The normalized spacial score (nSPS) is 10.7. The summed E-state index contributed by atoms with van der Waals surface area (Å²) in [6.07, 6.45) is 1.56. The number of hydrogen-bond donors (Lipinski definition) is 2. The summed E-state index contributed by atoms with van der Waals surface area (Å²) in [5.74, 6) is -1.46. The number of rotatable bonds is 6. The summed E-state index contributed by atoms with van der Waals surface area (Å²) in [5, 5.41) is 5.21. The SMILES string of the molecule is COCC(=O)Nc1ccc(NC(=O)c2nc3ccc(C)cn3c2F)cc1OC. The largest absolute Gasteiger partial charge is 0.494 e. The van der Waals surface area contributed by atoms with Crippen molar-refractivity contribution in [2.45, 2.75) is 6.92 Å². The zero-order valence-corrected chi connectivity index (χ0v) is 15.6. The number of nitrogens with zero attached hydrogens (tertiary/aromatic N) is 2. The van der Waals surface area contributed by atoms with Gasteiger partial charge in [-0.25, -0.2) is 4.98 Å². The van der Waals surface area contributed by atoms with Crippen LogP contribution in [0, 0.1) is 12.9 Å².